The van der Waals surface area contributed by atoms with Gasteiger partial charge >= 0.3 is 0 Å². The fourth-order valence-electron chi connectivity index (χ4n) is 2.20. The van der Waals surface area contributed by atoms with Gasteiger partial charge in [0.15, 0.2) is 5.82 Å². The first-order valence-corrected chi connectivity index (χ1v) is 8.43. The second-order valence-corrected chi connectivity index (χ2v) is 5.87. The number of aliphatic hydroxyl groups is 1. The molecule has 0 aliphatic rings. The summed E-state index contributed by atoms with van der Waals surface area (Å²) in [5.74, 6) is 1.70. The number of nitrogens with zero attached hydrogens (tertiary/aromatic N) is 4. The number of anilines is 3. The van der Waals surface area contributed by atoms with Crippen molar-refractivity contribution < 1.29 is 5.11 Å². The average Bonchev–Trinajstić information content (AvgIpc) is 2.58. The van der Waals surface area contributed by atoms with Gasteiger partial charge in [-0.05, 0) is 26.7 Å². The molecule has 0 saturated heterocycles. The molecule has 2 aromatic heterocycles. The quantitative estimate of drug-likeness (QED) is 0.581. The van der Waals surface area contributed by atoms with Gasteiger partial charge in [-0.1, -0.05) is 13.8 Å². The molecule has 0 spiro atoms. The monoisotopic (exact) mass is 333 g/mol. The van der Waals surface area contributed by atoms with E-state index in [-0.39, 0.29) is 6.04 Å². The van der Waals surface area contributed by atoms with Crippen LogP contribution < -0.4 is 16.0 Å². The normalized spacial score (nSPS) is 13.6. The molecule has 0 bridgehead atoms. The minimum atomic E-state index is -0.475. The average molecular weight is 333 g/mol. The molecule has 2 aromatic rings. The number of hydrogen-bond donors (Lipinski definition) is 4. The Morgan fingerprint density at radius 1 is 1.00 bits per heavy atom. The second-order valence-electron chi connectivity index (χ2n) is 5.87. The molecule has 4 N–H and O–H groups in total. The van der Waals surface area contributed by atoms with Crippen molar-refractivity contribution in [1.29, 1.82) is 0 Å². The van der Waals surface area contributed by atoms with Crippen LogP contribution in [0.5, 0.6) is 0 Å². The van der Waals surface area contributed by atoms with E-state index in [1.165, 1.54) is 0 Å². The van der Waals surface area contributed by atoms with Gasteiger partial charge in [-0.15, -0.1) is 0 Å². The van der Waals surface area contributed by atoms with E-state index in [2.05, 4.69) is 49.7 Å². The molecule has 0 fully saturated rings. The van der Waals surface area contributed by atoms with Crippen LogP contribution in [0.2, 0.25) is 0 Å². The van der Waals surface area contributed by atoms with Crippen LogP contribution in [0.15, 0.2) is 0 Å². The molecule has 132 valence electrons. The molecule has 0 aliphatic heterocycles. The first-order valence-electron chi connectivity index (χ1n) is 8.43. The van der Waals surface area contributed by atoms with Gasteiger partial charge in [-0.25, -0.2) is 15.0 Å². The topological polar surface area (TPSA) is 108 Å². The molecule has 0 aromatic carbocycles. The first-order chi connectivity index (χ1) is 11.5. The molecule has 0 radical (unpaired) electrons. The number of hydrogen-bond acceptors (Lipinski definition) is 8. The molecule has 24 heavy (non-hydrogen) atoms. The zero-order chi connectivity index (χ0) is 17.7. The van der Waals surface area contributed by atoms with E-state index in [0.717, 1.165) is 24.1 Å². The van der Waals surface area contributed by atoms with Gasteiger partial charge in [0, 0.05) is 19.6 Å². The lowest BCUT2D eigenvalue weighted by Crippen LogP contribution is -2.19. The van der Waals surface area contributed by atoms with Gasteiger partial charge in [0.2, 0.25) is 11.9 Å². The summed E-state index contributed by atoms with van der Waals surface area (Å²) in [5, 5.41) is 18.9. The Morgan fingerprint density at radius 2 is 1.71 bits per heavy atom. The van der Waals surface area contributed by atoms with Gasteiger partial charge in [0.05, 0.1) is 11.8 Å². The number of rotatable bonds is 8. The first kappa shape index (κ1) is 18.1. The van der Waals surface area contributed by atoms with Crippen LogP contribution in [0.3, 0.4) is 0 Å². The number of aryl methyl sites for hydroxylation is 1. The van der Waals surface area contributed by atoms with Crippen molar-refractivity contribution in [3.05, 3.63) is 5.69 Å². The lowest BCUT2D eigenvalue weighted by Gasteiger charge is -2.15. The Hall–Kier alpha value is -2.22. The molecule has 8 nitrogen and oxygen atoms in total. The molecule has 2 atom stereocenters. The maximum absolute atomic E-state index is 9.43. The maximum atomic E-state index is 9.43. The van der Waals surface area contributed by atoms with Gasteiger partial charge in [0.1, 0.15) is 11.0 Å². The Bertz CT molecular complexity index is 690. The predicted octanol–water partition coefficient (Wildman–Crippen LogP) is 2.03. The SMILES string of the molecule is CCc1nc(NC[C@@H](C)O)nc2c(NC)nc(N[C@H](C)CC)nc12. The summed E-state index contributed by atoms with van der Waals surface area (Å²) in [6.07, 6.45) is 1.23. The van der Waals surface area contributed by atoms with Crippen molar-refractivity contribution in [2.24, 2.45) is 0 Å². The summed E-state index contributed by atoms with van der Waals surface area (Å²) in [7, 11) is 1.81. The van der Waals surface area contributed by atoms with Crippen LogP contribution in [-0.2, 0) is 6.42 Å². The van der Waals surface area contributed by atoms with Crippen LogP contribution in [0.4, 0.5) is 17.7 Å². The Balaban J connectivity index is 2.51. The number of nitrogens with one attached hydrogen (secondary N) is 3. The zero-order valence-electron chi connectivity index (χ0n) is 15.0. The lowest BCUT2D eigenvalue weighted by molar-refractivity contribution is 0.208. The molecular formula is C16H27N7O. The molecule has 0 aliphatic carbocycles. The maximum Gasteiger partial charge on any atom is 0.225 e. The van der Waals surface area contributed by atoms with Crippen molar-refractivity contribution in [1.82, 2.24) is 19.9 Å². The highest BCUT2D eigenvalue weighted by molar-refractivity contribution is 5.88. The third-order valence-corrected chi connectivity index (χ3v) is 3.73. The largest absolute Gasteiger partial charge is 0.392 e. The van der Waals surface area contributed by atoms with Crippen LogP contribution in [-0.4, -0.2) is 50.8 Å². The molecule has 2 heterocycles. The van der Waals surface area contributed by atoms with Gasteiger partial charge in [-0.2, -0.15) is 4.98 Å². The Labute approximate surface area is 142 Å². The van der Waals surface area contributed by atoms with Crippen LogP contribution >= 0.6 is 0 Å². The van der Waals surface area contributed by atoms with E-state index in [0.29, 0.717) is 29.8 Å². The summed E-state index contributed by atoms with van der Waals surface area (Å²) in [4.78, 5) is 18.2. The molecule has 0 unspecified atom stereocenters. The van der Waals surface area contributed by atoms with Crippen LogP contribution in [0, 0.1) is 0 Å². The Morgan fingerprint density at radius 3 is 2.29 bits per heavy atom. The molecule has 2 rings (SSSR count). The van der Waals surface area contributed by atoms with Crippen molar-refractivity contribution in [3.8, 4) is 0 Å². The fourth-order valence-corrected chi connectivity index (χ4v) is 2.20. The molecule has 0 amide bonds. The number of fused-ring (bicyclic) bond motifs is 1. The summed E-state index contributed by atoms with van der Waals surface area (Å²) < 4.78 is 0. The summed E-state index contributed by atoms with van der Waals surface area (Å²) in [6, 6.07) is 0.283. The minimum Gasteiger partial charge on any atom is -0.392 e. The van der Waals surface area contributed by atoms with Gasteiger partial charge < -0.3 is 21.1 Å². The van der Waals surface area contributed by atoms with Gasteiger partial charge in [0.25, 0.3) is 0 Å². The number of aliphatic hydroxyl groups excluding tert-OH is 1. The number of aromatic nitrogens is 4. The lowest BCUT2D eigenvalue weighted by atomic mass is 10.2. The smallest absolute Gasteiger partial charge is 0.225 e. The van der Waals surface area contributed by atoms with E-state index >= 15 is 0 Å². The van der Waals surface area contributed by atoms with Crippen LogP contribution in [0.25, 0.3) is 11.0 Å². The summed E-state index contributed by atoms with van der Waals surface area (Å²) in [5.41, 5.74) is 2.26. The third kappa shape index (κ3) is 4.19. The minimum absolute atomic E-state index is 0.283. The van der Waals surface area contributed by atoms with Crippen molar-refractivity contribution >= 4 is 28.7 Å². The van der Waals surface area contributed by atoms with Crippen molar-refractivity contribution in [2.45, 2.75) is 52.7 Å². The van der Waals surface area contributed by atoms with Crippen molar-refractivity contribution in [2.75, 3.05) is 29.5 Å². The highest BCUT2D eigenvalue weighted by Gasteiger charge is 2.15. The van der Waals surface area contributed by atoms with Crippen LogP contribution in [0.1, 0.15) is 39.8 Å². The fraction of sp³-hybridized carbons (Fsp3) is 0.625. The summed E-state index contributed by atoms with van der Waals surface area (Å²) >= 11 is 0. The highest BCUT2D eigenvalue weighted by atomic mass is 16.3. The van der Waals surface area contributed by atoms with E-state index in [1.54, 1.807) is 6.92 Å². The van der Waals surface area contributed by atoms with E-state index in [4.69, 9.17) is 0 Å². The van der Waals surface area contributed by atoms with E-state index < -0.39 is 6.10 Å². The third-order valence-electron chi connectivity index (χ3n) is 3.73. The molecular weight excluding hydrogens is 306 g/mol. The summed E-state index contributed by atoms with van der Waals surface area (Å²) in [6.45, 7) is 8.33. The van der Waals surface area contributed by atoms with Crippen molar-refractivity contribution in [3.63, 3.8) is 0 Å². The highest BCUT2D eigenvalue weighted by Crippen LogP contribution is 2.24. The standard InChI is InChI=1S/C16H27N7O/c1-6-9(3)19-16-21-12-11(7-2)20-15(18-8-10(4)24)22-13(12)14(17-5)23-16/h9-10,24H,6-8H2,1-5H3,(H,18,20,22)(H2,17,19,21,23)/t9-,10-/m1/s1. The molecule has 8 heteroatoms. The van der Waals surface area contributed by atoms with E-state index in [1.807, 2.05) is 14.0 Å². The Kier molecular flexibility index (Phi) is 6.08. The van der Waals surface area contributed by atoms with E-state index in [9.17, 15) is 5.11 Å². The zero-order valence-corrected chi connectivity index (χ0v) is 15.0. The molecule has 0 saturated carbocycles. The predicted molar refractivity (Wildman–Crippen MR) is 97.6 cm³/mol. The van der Waals surface area contributed by atoms with Gasteiger partial charge in [-0.3, -0.25) is 0 Å². The second kappa shape index (κ2) is 8.05.